The van der Waals surface area contributed by atoms with Crippen LogP contribution in [0.4, 0.5) is 0 Å². The van der Waals surface area contributed by atoms with Gasteiger partial charge in [-0.2, -0.15) is 0 Å². The molecule has 0 spiro atoms. The summed E-state index contributed by atoms with van der Waals surface area (Å²) in [6.45, 7) is 5.66. The molecule has 3 atom stereocenters. The molecular weight excluding hydrogens is 224 g/mol. The Kier molecular flexibility index (Phi) is 5.93. The van der Waals surface area contributed by atoms with Crippen molar-refractivity contribution < 1.29 is 4.74 Å². The third-order valence-corrected chi connectivity index (χ3v) is 4.60. The minimum Gasteiger partial charge on any atom is -0.374 e. The van der Waals surface area contributed by atoms with Crippen molar-refractivity contribution in [3.05, 3.63) is 0 Å². The van der Waals surface area contributed by atoms with Gasteiger partial charge in [0.05, 0.1) is 12.7 Å². The minimum absolute atomic E-state index is 0.408. The summed E-state index contributed by atoms with van der Waals surface area (Å²) in [4.78, 5) is 2.64. The van der Waals surface area contributed by atoms with Gasteiger partial charge in [-0.05, 0) is 32.9 Å². The molecular formula is C15H30N2O. The number of nitrogens with zero attached hydrogens (tertiary/aromatic N) is 1. The standard InChI is InChI=1S/C15H30N2O/c1-3-4-5-6-9-14(16-2)15-11-17-10-7-8-13(17)12-18-15/h13-16H,3-12H2,1-2H3. The zero-order valence-electron chi connectivity index (χ0n) is 12.2. The van der Waals surface area contributed by atoms with Gasteiger partial charge in [0, 0.05) is 18.6 Å². The molecule has 0 amide bonds. The van der Waals surface area contributed by atoms with Crippen molar-refractivity contribution in [1.29, 1.82) is 0 Å². The van der Waals surface area contributed by atoms with Crippen LogP contribution in [0.2, 0.25) is 0 Å². The SMILES string of the molecule is CCCCCCC(NC)C1CN2CCCC2CO1. The zero-order chi connectivity index (χ0) is 12.8. The second-order valence-electron chi connectivity index (χ2n) is 5.91. The number of rotatable bonds is 7. The number of morpholine rings is 1. The van der Waals surface area contributed by atoms with E-state index in [1.54, 1.807) is 0 Å². The van der Waals surface area contributed by atoms with Gasteiger partial charge in [-0.25, -0.2) is 0 Å². The topological polar surface area (TPSA) is 24.5 Å². The summed E-state index contributed by atoms with van der Waals surface area (Å²) in [6.07, 6.45) is 9.77. The first-order valence-corrected chi connectivity index (χ1v) is 7.88. The van der Waals surface area contributed by atoms with Crippen LogP contribution in [0.25, 0.3) is 0 Å². The van der Waals surface area contributed by atoms with E-state index < -0.39 is 0 Å². The van der Waals surface area contributed by atoms with Crippen LogP contribution in [0.5, 0.6) is 0 Å². The molecule has 1 N–H and O–H groups in total. The Morgan fingerprint density at radius 1 is 1.33 bits per heavy atom. The molecule has 0 aromatic rings. The largest absolute Gasteiger partial charge is 0.374 e. The molecule has 2 aliphatic heterocycles. The van der Waals surface area contributed by atoms with E-state index in [9.17, 15) is 0 Å². The molecule has 3 heteroatoms. The van der Waals surface area contributed by atoms with Crippen molar-refractivity contribution in [3.8, 4) is 0 Å². The quantitative estimate of drug-likeness (QED) is 0.706. The molecule has 2 rings (SSSR count). The number of hydrogen-bond acceptors (Lipinski definition) is 3. The van der Waals surface area contributed by atoms with Crippen LogP contribution in [0, 0.1) is 0 Å². The molecule has 0 aromatic carbocycles. The van der Waals surface area contributed by atoms with Crippen molar-refractivity contribution in [1.82, 2.24) is 10.2 Å². The maximum absolute atomic E-state index is 6.10. The molecule has 0 aliphatic carbocycles. The van der Waals surface area contributed by atoms with E-state index in [1.165, 1.54) is 51.5 Å². The van der Waals surface area contributed by atoms with Crippen LogP contribution in [0.15, 0.2) is 0 Å². The maximum atomic E-state index is 6.10. The van der Waals surface area contributed by atoms with Gasteiger partial charge in [-0.1, -0.05) is 32.6 Å². The first-order chi connectivity index (χ1) is 8.85. The van der Waals surface area contributed by atoms with Gasteiger partial charge in [0.2, 0.25) is 0 Å². The predicted molar refractivity (Wildman–Crippen MR) is 75.9 cm³/mol. The highest BCUT2D eigenvalue weighted by atomic mass is 16.5. The van der Waals surface area contributed by atoms with Gasteiger partial charge < -0.3 is 10.1 Å². The van der Waals surface area contributed by atoms with Gasteiger partial charge >= 0.3 is 0 Å². The Morgan fingerprint density at radius 2 is 2.22 bits per heavy atom. The van der Waals surface area contributed by atoms with E-state index in [4.69, 9.17) is 4.74 Å². The van der Waals surface area contributed by atoms with Gasteiger partial charge in [-0.3, -0.25) is 4.90 Å². The van der Waals surface area contributed by atoms with Crippen molar-refractivity contribution in [3.63, 3.8) is 0 Å². The molecule has 18 heavy (non-hydrogen) atoms. The fourth-order valence-corrected chi connectivity index (χ4v) is 3.39. The van der Waals surface area contributed by atoms with Crippen LogP contribution >= 0.6 is 0 Å². The number of fused-ring (bicyclic) bond motifs is 1. The van der Waals surface area contributed by atoms with Gasteiger partial charge in [0.15, 0.2) is 0 Å². The van der Waals surface area contributed by atoms with Crippen molar-refractivity contribution in [2.45, 2.75) is 70.1 Å². The Morgan fingerprint density at radius 3 is 3.00 bits per heavy atom. The van der Waals surface area contributed by atoms with Gasteiger partial charge in [0.1, 0.15) is 0 Å². The summed E-state index contributed by atoms with van der Waals surface area (Å²) >= 11 is 0. The van der Waals surface area contributed by atoms with E-state index in [0.29, 0.717) is 12.1 Å². The van der Waals surface area contributed by atoms with Crippen LogP contribution < -0.4 is 5.32 Å². The van der Waals surface area contributed by atoms with E-state index in [0.717, 1.165) is 19.2 Å². The lowest BCUT2D eigenvalue weighted by molar-refractivity contribution is -0.0648. The fourth-order valence-electron chi connectivity index (χ4n) is 3.39. The lowest BCUT2D eigenvalue weighted by atomic mass is 10.0. The van der Waals surface area contributed by atoms with Crippen LogP contribution in [-0.2, 0) is 4.74 Å². The number of nitrogens with one attached hydrogen (secondary N) is 1. The number of hydrogen-bond donors (Lipinski definition) is 1. The second-order valence-corrected chi connectivity index (χ2v) is 5.91. The summed E-state index contributed by atoms with van der Waals surface area (Å²) in [5, 5.41) is 3.48. The van der Waals surface area contributed by atoms with Crippen molar-refractivity contribution in [2.24, 2.45) is 0 Å². The minimum atomic E-state index is 0.408. The first-order valence-electron chi connectivity index (χ1n) is 7.88. The highest BCUT2D eigenvalue weighted by Gasteiger charge is 2.34. The normalized spacial score (nSPS) is 30.3. The average molecular weight is 254 g/mol. The summed E-state index contributed by atoms with van der Waals surface area (Å²) in [5.74, 6) is 0. The monoisotopic (exact) mass is 254 g/mol. The molecule has 0 radical (unpaired) electrons. The van der Waals surface area contributed by atoms with Gasteiger partial charge in [0.25, 0.3) is 0 Å². The molecule has 0 saturated carbocycles. The Bertz CT molecular complexity index is 235. The smallest absolute Gasteiger partial charge is 0.0855 e. The second kappa shape index (κ2) is 7.46. The highest BCUT2D eigenvalue weighted by Crippen LogP contribution is 2.24. The van der Waals surface area contributed by atoms with Crippen LogP contribution in [-0.4, -0.2) is 49.8 Å². The molecule has 0 bridgehead atoms. The number of unbranched alkanes of at least 4 members (excludes halogenated alkanes) is 3. The van der Waals surface area contributed by atoms with E-state index >= 15 is 0 Å². The summed E-state index contributed by atoms with van der Waals surface area (Å²) in [6, 6.07) is 1.27. The van der Waals surface area contributed by atoms with Crippen molar-refractivity contribution >= 4 is 0 Å². The lowest BCUT2D eigenvalue weighted by Gasteiger charge is -2.38. The van der Waals surface area contributed by atoms with Crippen molar-refractivity contribution in [2.75, 3.05) is 26.7 Å². The molecule has 3 nitrogen and oxygen atoms in total. The summed E-state index contributed by atoms with van der Waals surface area (Å²) in [5.41, 5.74) is 0. The maximum Gasteiger partial charge on any atom is 0.0855 e. The third kappa shape index (κ3) is 3.69. The molecule has 106 valence electrons. The molecule has 2 aliphatic rings. The third-order valence-electron chi connectivity index (χ3n) is 4.60. The summed E-state index contributed by atoms with van der Waals surface area (Å²) in [7, 11) is 2.09. The van der Waals surface area contributed by atoms with Crippen LogP contribution in [0.1, 0.15) is 51.9 Å². The highest BCUT2D eigenvalue weighted by molar-refractivity contribution is 4.89. The molecule has 2 saturated heterocycles. The first kappa shape index (κ1) is 14.3. The van der Waals surface area contributed by atoms with E-state index in [2.05, 4.69) is 24.2 Å². The fraction of sp³-hybridized carbons (Fsp3) is 1.00. The zero-order valence-corrected chi connectivity index (χ0v) is 12.2. The Hall–Kier alpha value is -0.120. The summed E-state index contributed by atoms with van der Waals surface area (Å²) < 4.78 is 6.10. The van der Waals surface area contributed by atoms with E-state index in [1.807, 2.05) is 0 Å². The van der Waals surface area contributed by atoms with Crippen LogP contribution in [0.3, 0.4) is 0 Å². The Balaban J connectivity index is 1.73. The molecule has 0 aromatic heterocycles. The number of ether oxygens (including phenoxy) is 1. The van der Waals surface area contributed by atoms with E-state index in [-0.39, 0.29) is 0 Å². The predicted octanol–water partition coefficient (Wildman–Crippen LogP) is 2.41. The molecule has 2 fully saturated rings. The number of likely N-dealkylation sites (N-methyl/N-ethyl adjacent to an activating group) is 1. The molecule has 2 heterocycles. The average Bonchev–Trinajstić information content (AvgIpc) is 2.86. The molecule has 3 unspecified atom stereocenters. The Labute approximate surface area is 112 Å². The van der Waals surface area contributed by atoms with Gasteiger partial charge in [-0.15, -0.1) is 0 Å². The lowest BCUT2D eigenvalue weighted by Crippen LogP contribution is -2.53.